The molecule has 1 amide bonds. The molecule has 1 aliphatic rings. The lowest BCUT2D eigenvalue weighted by Crippen LogP contribution is -2.50. The van der Waals surface area contributed by atoms with Gasteiger partial charge in [-0.05, 0) is 35.2 Å². The zero-order valence-corrected chi connectivity index (χ0v) is 17.4. The smallest absolute Gasteiger partial charge is 0.243 e. The number of amides is 1. The first-order valence-corrected chi connectivity index (χ1v) is 10.9. The molecular weight excluding hydrogens is 374 g/mol. The van der Waals surface area contributed by atoms with Gasteiger partial charge < -0.3 is 4.90 Å². The van der Waals surface area contributed by atoms with Crippen LogP contribution in [0.4, 0.5) is 0 Å². The highest BCUT2D eigenvalue weighted by atomic mass is 32.2. The number of benzene rings is 1. The highest BCUT2D eigenvalue weighted by Gasteiger charge is 2.30. The number of carbonyl (C=O) groups excluding carboxylic acids is 1. The second-order valence-electron chi connectivity index (χ2n) is 8.06. The lowest BCUT2D eigenvalue weighted by molar-refractivity contribution is -0.131. The maximum absolute atomic E-state index is 12.9. The zero-order chi connectivity index (χ0) is 20.4. The second kappa shape index (κ2) is 8.01. The number of pyridine rings is 1. The van der Waals surface area contributed by atoms with E-state index in [-0.39, 0.29) is 17.7 Å². The van der Waals surface area contributed by atoms with E-state index in [2.05, 4.69) is 25.8 Å². The fourth-order valence-electron chi connectivity index (χ4n) is 3.22. The predicted molar refractivity (Wildman–Crippen MR) is 108 cm³/mol. The Labute approximate surface area is 167 Å². The van der Waals surface area contributed by atoms with E-state index in [1.807, 2.05) is 30.3 Å². The molecule has 7 heteroatoms. The molecule has 6 nitrogen and oxygen atoms in total. The third kappa shape index (κ3) is 4.59. The molecule has 1 saturated heterocycles. The van der Waals surface area contributed by atoms with Gasteiger partial charge in [-0.2, -0.15) is 4.31 Å². The number of nitrogens with zero attached hydrogens (tertiary/aromatic N) is 3. The van der Waals surface area contributed by atoms with Gasteiger partial charge in [0.2, 0.25) is 15.9 Å². The van der Waals surface area contributed by atoms with Crippen LogP contribution in [0.2, 0.25) is 0 Å². The van der Waals surface area contributed by atoms with Gasteiger partial charge in [-0.25, -0.2) is 8.42 Å². The minimum Gasteiger partial charge on any atom is -0.340 e. The van der Waals surface area contributed by atoms with E-state index in [1.165, 1.54) is 4.31 Å². The number of sulfonamides is 1. The molecule has 150 valence electrons. The molecule has 2 aromatic rings. The summed E-state index contributed by atoms with van der Waals surface area (Å²) < 4.78 is 27.3. The van der Waals surface area contributed by atoms with E-state index < -0.39 is 10.0 Å². The second-order valence-corrected chi connectivity index (χ2v) is 10.00. The number of hydrogen-bond acceptors (Lipinski definition) is 4. The van der Waals surface area contributed by atoms with Gasteiger partial charge in [-0.1, -0.05) is 39.0 Å². The molecule has 2 heterocycles. The summed E-state index contributed by atoms with van der Waals surface area (Å²) in [6.45, 7) is 7.68. The van der Waals surface area contributed by atoms with Gasteiger partial charge in [0.1, 0.15) is 0 Å². The van der Waals surface area contributed by atoms with Crippen molar-refractivity contribution in [2.24, 2.45) is 0 Å². The average Bonchev–Trinajstić information content (AvgIpc) is 2.68. The normalized spacial score (nSPS) is 16.2. The Morgan fingerprint density at radius 1 is 1.00 bits per heavy atom. The van der Waals surface area contributed by atoms with Crippen LogP contribution in [0, 0.1) is 0 Å². The van der Waals surface area contributed by atoms with Crippen molar-refractivity contribution >= 4 is 15.9 Å². The number of aromatic nitrogens is 1. The van der Waals surface area contributed by atoms with Crippen molar-refractivity contribution in [1.29, 1.82) is 0 Å². The van der Waals surface area contributed by atoms with Gasteiger partial charge in [-0.3, -0.25) is 9.78 Å². The van der Waals surface area contributed by atoms with Crippen molar-refractivity contribution in [2.75, 3.05) is 26.2 Å². The fourth-order valence-corrected chi connectivity index (χ4v) is 4.65. The molecule has 0 atom stereocenters. The standard InChI is InChI=1S/C21H27N3O3S/c1-21(2,3)17-7-9-19(10-8-17)28(26,27)24-14-12-23(13-15-24)20(25)16-18-6-4-5-11-22-18/h4-11H,12-16H2,1-3H3. The van der Waals surface area contributed by atoms with Gasteiger partial charge >= 0.3 is 0 Å². The molecule has 0 saturated carbocycles. The summed E-state index contributed by atoms with van der Waals surface area (Å²) in [5.41, 5.74) is 1.79. The van der Waals surface area contributed by atoms with Crippen molar-refractivity contribution in [3.8, 4) is 0 Å². The largest absolute Gasteiger partial charge is 0.340 e. The first kappa shape index (κ1) is 20.5. The third-order valence-electron chi connectivity index (χ3n) is 5.01. The number of rotatable bonds is 4. The van der Waals surface area contributed by atoms with Gasteiger partial charge in [0.05, 0.1) is 11.3 Å². The summed E-state index contributed by atoms with van der Waals surface area (Å²) in [5.74, 6) is -0.0229. The quantitative estimate of drug-likeness (QED) is 0.789. The maximum atomic E-state index is 12.9. The molecule has 0 spiro atoms. The van der Waals surface area contributed by atoms with Crippen LogP contribution >= 0.6 is 0 Å². The Morgan fingerprint density at radius 2 is 1.64 bits per heavy atom. The SMILES string of the molecule is CC(C)(C)c1ccc(S(=O)(=O)N2CCN(C(=O)Cc3ccccn3)CC2)cc1. The molecular formula is C21H27N3O3S. The minimum atomic E-state index is -3.55. The van der Waals surface area contributed by atoms with E-state index in [0.29, 0.717) is 31.1 Å². The Kier molecular flexibility index (Phi) is 5.86. The van der Waals surface area contributed by atoms with Crippen LogP contribution in [0.25, 0.3) is 0 Å². The molecule has 28 heavy (non-hydrogen) atoms. The summed E-state index contributed by atoms with van der Waals surface area (Å²) in [7, 11) is -3.55. The van der Waals surface area contributed by atoms with Gasteiger partial charge in [0, 0.05) is 38.1 Å². The van der Waals surface area contributed by atoms with E-state index in [1.54, 1.807) is 23.2 Å². The van der Waals surface area contributed by atoms with E-state index in [9.17, 15) is 13.2 Å². The number of hydrogen-bond donors (Lipinski definition) is 0. The van der Waals surface area contributed by atoms with Crippen molar-refractivity contribution in [3.05, 3.63) is 59.9 Å². The molecule has 0 bridgehead atoms. The lowest BCUT2D eigenvalue weighted by atomic mass is 9.87. The highest BCUT2D eigenvalue weighted by Crippen LogP contribution is 2.25. The number of carbonyl (C=O) groups is 1. The van der Waals surface area contributed by atoms with Crippen LogP contribution in [-0.2, 0) is 26.7 Å². The molecule has 1 aliphatic heterocycles. The third-order valence-corrected chi connectivity index (χ3v) is 6.92. The topological polar surface area (TPSA) is 70.6 Å². The van der Waals surface area contributed by atoms with Crippen molar-refractivity contribution in [2.45, 2.75) is 37.5 Å². The Balaban J connectivity index is 1.62. The monoisotopic (exact) mass is 401 g/mol. The molecule has 3 rings (SSSR count). The summed E-state index contributed by atoms with van der Waals surface area (Å²) in [5, 5.41) is 0. The van der Waals surface area contributed by atoms with Crippen LogP contribution in [0.3, 0.4) is 0 Å². The van der Waals surface area contributed by atoms with Crippen LogP contribution in [0.15, 0.2) is 53.6 Å². The molecule has 1 aromatic heterocycles. The average molecular weight is 402 g/mol. The van der Waals surface area contributed by atoms with Gasteiger partial charge in [0.25, 0.3) is 0 Å². The minimum absolute atomic E-state index is 0.0229. The fraction of sp³-hybridized carbons (Fsp3) is 0.429. The summed E-state index contributed by atoms with van der Waals surface area (Å²) in [4.78, 5) is 18.6. The molecule has 0 aliphatic carbocycles. The molecule has 1 fully saturated rings. The van der Waals surface area contributed by atoms with Crippen molar-refractivity contribution in [1.82, 2.24) is 14.2 Å². The Hall–Kier alpha value is -2.25. The van der Waals surface area contributed by atoms with Crippen molar-refractivity contribution < 1.29 is 13.2 Å². The number of piperazine rings is 1. The first-order chi connectivity index (χ1) is 13.2. The van der Waals surface area contributed by atoms with Gasteiger partial charge in [0.15, 0.2) is 0 Å². The summed E-state index contributed by atoms with van der Waals surface area (Å²) in [6.07, 6.45) is 1.90. The van der Waals surface area contributed by atoms with E-state index in [0.717, 1.165) is 11.3 Å². The zero-order valence-electron chi connectivity index (χ0n) is 16.6. The van der Waals surface area contributed by atoms with Crippen LogP contribution in [0.1, 0.15) is 32.0 Å². The molecule has 0 unspecified atom stereocenters. The lowest BCUT2D eigenvalue weighted by Gasteiger charge is -2.34. The summed E-state index contributed by atoms with van der Waals surface area (Å²) >= 11 is 0. The van der Waals surface area contributed by atoms with Crippen LogP contribution < -0.4 is 0 Å². The molecule has 0 radical (unpaired) electrons. The van der Waals surface area contributed by atoms with Crippen molar-refractivity contribution in [3.63, 3.8) is 0 Å². The van der Waals surface area contributed by atoms with Gasteiger partial charge in [-0.15, -0.1) is 0 Å². The Bertz CT molecular complexity index is 912. The predicted octanol–water partition coefficient (Wildman–Crippen LogP) is 2.45. The first-order valence-electron chi connectivity index (χ1n) is 9.46. The highest BCUT2D eigenvalue weighted by molar-refractivity contribution is 7.89. The molecule has 0 N–H and O–H groups in total. The van der Waals surface area contributed by atoms with E-state index >= 15 is 0 Å². The van der Waals surface area contributed by atoms with Crippen LogP contribution in [0.5, 0.6) is 0 Å². The molecule has 1 aromatic carbocycles. The van der Waals surface area contributed by atoms with E-state index in [4.69, 9.17) is 0 Å². The van der Waals surface area contributed by atoms with Crippen LogP contribution in [-0.4, -0.2) is 54.7 Å². The maximum Gasteiger partial charge on any atom is 0.243 e. The summed E-state index contributed by atoms with van der Waals surface area (Å²) in [6, 6.07) is 12.6. The Morgan fingerprint density at radius 3 is 2.18 bits per heavy atom.